The number of fused-ring (bicyclic) bond motifs is 2. The molecule has 0 saturated carbocycles. The molecule has 3 heterocycles. The van der Waals surface area contributed by atoms with Gasteiger partial charge in [0, 0.05) is 43.2 Å². The highest BCUT2D eigenvalue weighted by Crippen LogP contribution is 2.24. The largest absolute Gasteiger partial charge is 0.391 e. The highest BCUT2D eigenvalue weighted by atomic mass is 16.3. The molecule has 2 aliphatic rings. The van der Waals surface area contributed by atoms with Crippen molar-refractivity contribution in [3.63, 3.8) is 0 Å². The van der Waals surface area contributed by atoms with Crippen LogP contribution < -0.4 is 49.5 Å². The zero-order valence-corrected chi connectivity index (χ0v) is 33.3. The Morgan fingerprint density at radius 2 is 1.33 bits per heavy atom. The molecule has 20 nitrogen and oxygen atoms in total. The number of hydrogen-bond donors (Lipinski definition) is 11. The number of carbonyl (C=O) groups excluding carboxylic acids is 6. The van der Waals surface area contributed by atoms with E-state index in [0.29, 0.717) is 12.8 Å². The molecule has 1 aromatic carbocycles. The summed E-state index contributed by atoms with van der Waals surface area (Å²) < 4.78 is 0. The molecule has 0 aliphatic carbocycles. The summed E-state index contributed by atoms with van der Waals surface area (Å²) in [6.45, 7) is 5.30. The number of nitrogens with one attached hydrogen (secondary N) is 6. The van der Waals surface area contributed by atoms with Crippen molar-refractivity contribution in [2.24, 2.45) is 38.8 Å². The van der Waals surface area contributed by atoms with Crippen molar-refractivity contribution in [2.45, 2.75) is 114 Å². The number of guanidine groups is 2. The summed E-state index contributed by atoms with van der Waals surface area (Å²) in [6.07, 6.45) is 2.07. The third-order valence-corrected chi connectivity index (χ3v) is 10.6. The quantitative estimate of drug-likeness (QED) is 0.0579. The number of H-pyrrole nitrogens is 1. The van der Waals surface area contributed by atoms with Crippen LogP contribution in [-0.4, -0.2) is 124 Å². The number of aliphatic imine (C=N–C) groups is 2. The number of carbonyl (C=O) groups is 6. The molecular formula is C38H59N13O7. The van der Waals surface area contributed by atoms with E-state index in [1.807, 2.05) is 31.2 Å². The third-order valence-electron chi connectivity index (χ3n) is 10.6. The molecule has 58 heavy (non-hydrogen) atoms. The Kier molecular flexibility index (Phi) is 16.2. The van der Waals surface area contributed by atoms with Crippen LogP contribution in [0.2, 0.25) is 0 Å². The number of hydrogen-bond acceptors (Lipinski definition) is 9. The van der Waals surface area contributed by atoms with Crippen molar-refractivity contribution in [1.29, 1.82) is 0 Å². The average molecular weight is 810 g/mol. The molecule has 15 N–H and O–H groups in total. The van der Waals surface area contributed by atoms with Crippen molar-refractivity contribution >= 4 is 58.3 Å². The predicted molar refractivity (Wildman–Crippen MR) is 217 cm³/mol. The second kappa shape index (κ2) is 21.0. The van der Waals surface area contributed by atoms with E-state index in [1.165, 1.54) is 11.8 Å². The highest BCUT2D eigenvalue weighted by molar-refractivity contribution is 5.99. The number of aromatic amines is 1. The normalized spacial score (nSPS) is 24.9. The topological polar surface area (TPSA) is 331 Å². The fourth-order valence-electron chi connectivity index (χ4n) is 7.17. The Labute approximate surface area is 337 Å². The molecule has 0 bridgehead atoms. The zero-order valence-electron chi connectivity index (χ0n) is 33.3. The van der Waals surface area contributed by atoms with Gasteiger partial charge in [-0.1, -0.05) is 38.5 Å². The van der Waals surface area contributed by atoms with Gasteiger partial charge in [0.15, 0.2) is 11.9 Å². The summed E-state index contributed by atoms with van der Waals surface area (Å²) >= 11 is 0. The van der Waals surface area contributed by atoms with E-state index in [2.05, 4.69) is 41.6 Å². The molecule has 0 radical (unpaired) electrons. The second-order valence-corrected chi connectivity index (χ2v) is 14.9. The number of benzene rings is 1. The zero-order chi connectivity index (χ0) is 42.5. The van der Waals surface area contributed by atoms with Crippen LogP contribution in [0.15, 0.2) is 40.4 Å². The van der Waals surface area contributed by atoms with Gasteiger partial charge in [-0.15, -0.1) is 0 Å². The van der Waals surface area contributed by atoms with Gasteiger partial charge in [0.25, 0.3) is 0 Å². The highest BCUT2D eigenvalue weighted by Gasteiger charge is 2.41. The van der Waals surface area contributed by atoms with Gasteiger partial charge in [0.2, 0.25) is 35.4 Å². The summed E-state index contributed by atoms with van der Waals surface area (Å²) in [6, 6.07) is 0.0457. The summed E-state index contributed by atoms with van der Waals surface area (Å²) in [5.74, 6) is -4.96. The standard InChI is InChI=1S/C38H59N13O7/c1-4-20(2)29-34(56)47-26(13-8-16-44-38(41)42)31(53)46-25(12-7-15-43-37(39)40)32(54)48-27(18-22-19-45-24-11-6-5-10-23(22)24)36(58)51-17-9-14-28(51)33(55)50-30(21(3)52)35(57)49-29/h5-6,10-11,19-21,25-30,45,52H,4,7-9,12-18H2,1-3H3,(H,46,53)(H,47,56)(H,48,54)(H,49,57)(H,50,55)(H4,39,40,43)(H4,41,42,44)/t20-,21+,25-,26+,27-,28+,29-,30+/m0/s1. The molecule has 4 rings (SSSR count). The molecule has 8 atom stereocenters. The summed E-state index contributed by atoms with van der Waals surface area (Å²) in [5, 5.41) is 25.2. The van der Waals surface area contributed by atoms with Gasteiger partial charge < -0.3 is 64.5 Å². The van der Waals surface area contributed by atoms with Crippen LogP contribution in [0.25, 0.3) is 10.9 Å². The van der Waals surface area contributed by atoms with E-state index in [-0.39, 0.29) is 70.1 Å². The number of para-hydroxylation sites is 1. The number of aliphatic hydroxyl groups is 1. The Morgan fingerprint density at radius 1 is 0.776 bits per heavy atom. The van der Waals surface area contributed by atoms with Gasteiger partial charge >= 0.3 is 0 Å². The van der Waals surface area contributed by atoms with Crippen molar-refractivity contribution in [1.82, 2.24) is 36.5 Å². The molecule has 1 aromatic heterocycles. The monoisotopic (exact) mass is 809 g/mol. The van der Waals surface area contributed by atoms with Crippen molar-refractivity contribution in [3.05, 3.63) is 36.0 Å². The molecule has 6 amide bonds. The lowest BCUT2D eigenvalue weighted by atomic mass is 9.96. The first-order chi connectivity index (χ1) is 27.6. The number of rotatable bonds is 13. The van der Waals surface area contributed by atoms with Gasteiger partial charge in [-0.05, 0) is 63.0 Å². The van der Waals surface area contributed by atoms with E-state index >= 15 is 0 Å². The molecular weight excluding hydrogens is 751 g/mol. The number of nitrogens with zero attached hydrogens (tertiary/aromatic N) is 3. The van der Waals surface area contributed by atoms with Gasteiger partial charge in [-0.3, -0.25) is 38.8 Å². The summed E-state index contributed by atoms with van der Waals surface area (Å²) in [5.41, 5.74) is 23.6. The van der Waals surface area contributed by atoms with E-state index in [0.717, 1.165) is 16.5 Å². The molecule has 2 aliphatic heterocycles. The van der Waals surface area contributed by atoms with E-state index in [4.69, 9.17) is 22.9 Å². The molecule has 0 spiro atoms. The van der Waals surface area contributed by atoms with E-state index < -0.39 is 83.7 Å². The van der Waals surface area contributed by atoms with Crippen molar-refractivity contribution in [2.75, 3.05) is 19.6 Å². The third kappa shape index (κ3) is 12.0. The van der Waals surface area contributed by atoms with Crippen LogP contribution >= 0.6 is 0 Å². The maximum Gasteiger partial charge on any atom is 0.246 e. The van der Waals surface area contributed by atoms with Gasteiger partial charge in [0.1, 0.15) is 36.3 Å². The fourth-order valence-corrected chi connectivity index (χ4v) is 7.17. The Hall–Kier alpha value is -5.92. The maximum absolute atomic E-state index is 14.6. The first-order valence-corrected chi connectivity index (χ1v) is 19.8. The first kappa shape index (κ1) is 44.8. The van der Waals surface area contributed by atoms with Crippen LogP contribution in [-0.2, 0) is 35.2 Å². The average Bonchev–Trinajstić information content (AvgIpc) is 3.84. The van der Waals surface area contributed by atoms with Crippen LogP contribution in [0.1, 0.15) is 71.3 Å². The Bertz CT molecular complexity index is 1840. The molecule has 0 unspecified atom stereocenters. The van der Waals surface area contributed by atoms with Crippen LogP contribution in [0.4, 0.5) is 0 Å². The number of aromatic nitrogens is 1. The number of aliphatic hydroxyl groups excluding tert-OH is 1. The van der Waals surface area contributed by atoms with Gasteiger partial charge in [-0.2, -0.15) is 0 Å². The second-order valence-electron chi connectivity index (χ2n) is 14.9. The fraction of sp³-hybridized carbons (Fsp3) is 0.579. The SMILES string of the molecule is CC[C@H](C)[C@@H]1NC(=O)[C@@H]([C@@H](C)O)NC(=O)[C@H]2CCCN2C(=O)[C@H](Cc2c[nH]c3ccccc23)NC(=O)[C@H](CCCN=C(N)N)NC(=O)[C@@H](CCCN=C(N)N)NC1=O. The summed E-state index contributed by atoms with van der Waals surface area (Å²) in [7, 11) is 0. The molecule has 20 heteroatoms. The van der Waals surface area contributed by atoms with Crippen LogP contribution in [0.5, 0.6) is 0 Å². The molecule has 2 aromatic rings. The molecule has 2 saturated heterocycles. The lowest BCUT2D eigenvalue weighted by Gasteiger charge is -2.33. The Morgan fingerprint density at radius 3 is 1.91 bits per heavy atom. The van der Waals surface area contributed by atoms with Crippen LogP contribution in [0, 0.1) is 5.92 Å². The number of amides is 6. The predicted octanol–water partition coefficient (Wildman–Crippen LogP) is -2.33. The van der Waals surface area contributed by atoms with E-state index in [1.54, 1.807) is 13.1 Å². The van der Waals surface area contributed by atoms with Gasteiger partial charge in [-0.25, -0.2) is 0 Å². The Balaban J connectivity index is 1.79. The maximum atomic E-state index is 14.6. The summed E-state index contributed by atoms with van der Waals surface area (Å²) in [4.78, 5) is 97.3. The smallest absolute Gasteiger partial charge is 0.246 e. The number of nitrogens with two attached hydrogens (primary N) is 4. The lowest BCUT2D eigenvalue weighted by molar-refractivity contribution is -0.143. The first-order valence-electron chi connectivity index (χ1n) is 19.8. The minimum atomic E-state index is -1.50. The minimum Gasteiger partial charge on any atom is -0.391 e. The molecule has 2 fully saturated rings. The molecule has 318 valence electrons. The van der Waals surface area contributed by atoms with Crippen LogP contribution in [0.3, 0.4) is 0 Å². The van der Waals surface area contributed by atoms with Crippen molar-refractivity contribution < 1.29 is 33.9 Å². The van der Waals surface area contributed by atoms with Crippen molar-refractivity contribution in [3.8, 4) is 0 Å². The minimum absolute atomic E-state index is 0.0211. The lowest BCUT2D eigenvalue weighted by Crippen LogP contribution is -2.63. The van der Waals surface area contributed by atoms with E-state index in [9.17, 15) is 33.9 Å². The van der Waals surface area contributed by atoms with Gasteiger partial charge in [0.05, 0.1) is 6.10 Å².